The largest absolute Gasteiger partial charge is 0.309 e. The lowest BCUT2D eigenvalue weighted by Crippen LogP contribution is -2.19. The van der Waals surface area contributed by atoms with Crippen molar-refractivity contribution < 1.29 is 4.79 Å². The maximum absolute atomic E-state index is 13.0. The van der Waals surface area contributed by atoms with Crippen LogP contribution < -0.4 is 5.32 Å². The number of nitriles is 1. The lowest BCUT2D eigenvalue weighted by Gasteiger charge is -2.18. The summed E-state index contributed by atoms with van der Waals surface area (Å²) >= 11 is 0. The number of rotatable bonds is 6. The zero-order chi connectivity index (χ0) is 20.8. The molecule has 4 aromatic rings. The molecule has 1 N–H and O–H groups in total. The number of carbonyl (C=O) groups excluding carboxylic acids is 1. The number of amides is 1. The molecular weight excluding hydrogens is 374 g/mol. The number of nitrogens with one attached hydrogen (secondary N) is 1. The Labute approximate surface area is 174 Å². The first-order valence-corrected chi connectivity index (χ1v) is 9.55. The van der Waals surface area contributed by atoms with Gasteiger partial charge in [0, 0.05) is 18.5 Å². The van der Waals surface area contributed by atoms with Crippen LogP contribution in [0.3, 0.4) is 0 Å². The van der Waals surface area contributed by atoms with Crippen molar-refractivity contribution >= 4 is 11.7 Å². The third-order valence-corrected chi connectivity index (χ3v) is 4.81. The molecule has 2 aromatic carbocycles. The third-order valence-electron chi connectivity index (χ3n) is 4.81. The second kappa shape index (κ2) is 8.84. The van der Waals surface area contributed by atoms with E-state index in [-0.39, 0.29) is 23.8 Å². The molecule has 0 aliphatic heterocycles. The smallest absolute Gasteiger partial charge is 0.226 e. The standard InChI is InChI=1S/C24H19N5O/c25-16-20-17-27-29(22-13-7-8-14-26-22)24(20)28-23(30)15-21(18-9-3-1-4-10-18)19-11-5-2-6-12-19/h1-14,17,21H,15H2,(H,28,30). The van der Waals surface area contributed by atoms with Crippen molar-refractivity contribution in [1.82, 2.24) is 14.8 Å². The van der Waals surface area contributed by atoms with Gasteiger partial charge in [0.25, 0.3) is 0 Å². The predicted molar refractivity (Wildman–Crippen MR) is 114 cm³/mol. The Hall–Kier alpha value is -4.24. The normalized spacial score (nSPS) is 10.5. The van der Waals surface area contributed by atoms with Crippen molar-refractivity contribution in [2.75, 3.05) is 5.32 Å². The van der Waals surface area contributed by atoms with E-state index < -0.39 is 0 Å². The molecule has 2 aromatic heterocycles. The van der Waals surface area contributed by atoms with Crippen LogP contribution in [0.2, 0.25) is 0 Å². The average Bonchev–Trinajstić information content (AvgIpc) is 3.21. The highest BCUT2D eigenvalue weighted by molar-refractivity contribution is 5.92. The maximum Gasteiger partial charge on any atom is 0.226 e. The van der Waals surface area contributed by atoms with Gasteiger partial charge in [-0.2, -0.15) is 15.0 Å². The first-order chi connectivity index (χ1) is 14.8. The third kappa shape index (κ3) is 4.10. The van der Waals surface area contributed by atoms with E-state index in [1.54, 1.807) is 18.3 Å². The lowest BCUT2D eigenvalue weighted by molar-refractivity contribution is -0.116. The molecule has 0 radical (unpaired) electrons. The van der Waals surface area contributed by atoms with Gasteiger partial charge in [-0.05, 0) is 23.3 Å². The summed E-state index contributed by atoms with van der Waals surface area (Å²) in [7, 11) is 0. The van der Waals surface area contributed by atoms with Gasteiger partial charge in [0.15, 0.2) is 11.6 Å². The summed E-state index contributed by atoms with van der Waals surface area (Å²) in [5.74, 6) is 0.532. The molecule has 0 saturated heterocycles. The molecule has 4 rings (SSSR count). The monoisotopic (exact) mass is 393 g/mol. The molecule has 0 unspecified atom stereocenters. The SMILES string of the molecule is N#Cc1cnn(-c2ccccn2)c1NC(=O)CC(c1ccccc1)c1ccccc1. The molecule has 2 heterocycles. The first-order valence-electron chi connectivity index (χ1n) is 9.55. The minimum Gasteiger partial charge on any atom is -0.309 e. The average molecular weight is 393 g/mol. The lowest BCUT2D eigenvalue weighted by atomic mass is 9.88. The van der Waals surface area contributed by atoms with Crippen LogP contribution in [-0.4, -0.2) is 20.7 Å². The number of hydrogen-bond acceptors (Lipinski definition) is 4. The van der Waals surface area contributed by atoms with Crippen LogP contribution in [0.4, 0.5) is 5.82 Å². The highest BCUT2D eigenvalue weighted by atomic mass is 16.1. The summed E-state index contributed by atoms with van der Waals surface area (Å²) in [4.78, 5) is 17.3. The number of anilines is 1. The molecule has 0 bridgehead atoms. The summed E-state index contributed by atoms with van der Waals surface area (Å²) in [6.45, 7) is 0. The molecule has 0 aliphatic carbocycles. The van der Waals surface area contributed by atoms with Crippen LogP contribution in [0.25, 0.3) is 5.82 Å². The summed E-state index contributed by atoms with van der Waals surface area (Å²) in [5.41, 5.74) is 2.39. The fourth-order valence-electron chi connectivity index (χ4n) is 3.37. The van der Waals surface area contributed by atoms with Crippen LogP contribution in [0.1, 0.15) is 29.0 Å². The predicted octanol–water partition coefficient (Wildman–Crippen LogP) is 4.30. The highest BCUT2D eigenvalue weighted by Crippen LogP contribution is 2.29. The van der Waals surface area contributed by atoms with Gasteiger partial charge in [-0.15, -0.1) is 0 Å². The summed E-state index contributed by atoms with van der Waals surface area (Å²) < 4.78 is 1.47. The van der Waals surface area contributed by atoms with Gasteiger partial charge in [-0.3, -0.25) is 4.79 Å². The molecule has 6 nitrogen and oxygen atoms in total. The minimum atomic E-state index is -0.207. The van der Waals surface area contributed by atoms with Gasteiger partial charge < -0.3 is 5.32 Å². The van der Waals surface area contributed by atoms with Crippen LogP contribution in [-0.2, 0) is 4.79 Å². The van der Waals surface area contributed by atoms with Crippen molar-refractivity contribution in [2.45, 2.75) is 12.3 Å². The second-order valence-corrected chi connectivity index (χ2v) is 6.74. The van der Waals surface area contributed by atoms with Gasteiger partial charge in [0.05, 0.1) is 6.20 Å². The Balaban J connectivity index is 1.62. The van der Waals surface area contributed by atoms with E-state index in [1.165, 1.54) is 10.9 Å². The van der Waals surface area contributed by atoms with Crippen molar-refractivity contribution in [2.24, 2.45) is 0 Å². The molecule has 0 fully saturated rings. The topological polar surface area (TPSA) is 83.6 Å². The fraction of sp³-hybridized carbons (Fsp3) is 0.0833. The van der Waals surface area contributed by atoms with Crippen molar-refractivity contribution in [3.05, 3.63) is 108 Å². The number of carbonyl (C=O) groups is 1. The summed E-state index contributed by atoms with van der Waals surface area (Å²) in [6.07, 6.45) is 3.29. The zero-order valence-electron chi connectivity index (χ0n) is 16.1. The van der Waals surface area contributed by atoms with Crippen LogP contribution in [0.15, 0.2) is 91.3 Å². The number of nitrogens with zero attached hydrogens (tertiary/aromatic N) is 4. The molecule has 0 atom stereocenters. The van der Waals surface area contributed by atoms with E-state index in [0.29, 0.717) is 11.6 Å². The molecule has 6 heteroatoms. The molecule has 1 amide bonds. The van der Waals surface area contributed by atoms with Crippen LogP contribution in [0.5, 0.6) is 0 Å². The van der Waals surface area contributed by atoms with E-state index in [9.17, 15) is 10.1 Å². The van der Waals surface area contributed by atoms with Gasteiger partial charge >= 0.3 is 0 Å². The number of benzene rings is 2. The highest BCUT2D eigenvalue weighted by Gasteiger charge is 2.21. The summed E-state index contributed by atoms with van der Waals surface area (Å²) in [5, 5.41) is 16.6. The number of pyridine rings is 1. The molecular formula is C24H19N5O. The zero-order valence-corrected chi connectivity index (χ0v) is 16.1. The Morgan fingerprint density at radius 3 is 2.17 bits per heavy atom. The summed E-state index contributed by atoms with van der Waals surface area (Å²) in [6, 6.07) is 27.3. The molecule has 146 valence electrons. The van der Waals surface area contributed by atoms with E-state index in [1.807, 2.05) is 66.7 Å². The van der Waals surface area contributed by atoms with E-state index in [2.05, 4.69) is 21.5 Å². The number of aromatic nitrogens is 3. The Morgan fingerprint density at radius 1 is 0.967 bits per heavy atom. The van der Waals surface area contributed by atoms with Crippen molar-refractivity contribution in [3.63, 3.8) is 0 Å². The van der Waals surface area contributed by atoms with Crippen molar-refractivity contribution in [3.8, 4) is 11.9 Å². The Kier molecular flexibility index (Phi) is 5.63. The molecule has 0 aliphatic rings. The van der Waals surface area contributed by atoms with Gasteiger partial charge in [0.2, 0.25) is 5.91 Å². The van der Waals surface area contributed by atoms with Crippen LogP contribution in [0, 0.1) is 11.3 Å². The Morgan fingerprint density at radius 2 is 1.60 bits per heavy atom. The quantitative estimate of drug-likeness (QED) is 0.529. The van der Waals surface area contributed by atoms with Gasteiger partial charge in [0.1, 0.15) is 11.6 Å². The van der Waals surface area contributed by atoms with Gasteiger partial charge in [-0.1, -0.05) is 66.7 Å². The maximum atomic E-state index is 13.0. The van der Waals surface area contributed by atoms with Crippen molar-refractivity contribution in [1.29, 1.82) is 5.26 Å². The van der Waals surface area contributed by atoms with E-state index in [0.717, 1.165) is 11.1 Å². The molecule has 30 heavy (non-hydrogen) atoms. The fourth-order valence-corrected chi connectivity index (χ4v) is 3.37. The molecule has 0 spiro atoms. The Bertz CT molecular complexity index is 1130. The van der Waals surface area contributed by atoms with E-state index in [4.69, 9.17) is 0 Å². The molecule has 0 saturated carbocycles. The van der Waals surface area contributed by atoms with Gasteiger partial charge in [-0.25, -0.2) is 4.98 Å². The minimum absolute atomic E-state index is 0.107. The first kappa shape index (κ1) is 19.1. The van der Waals surface area contributed by atoms with E-state index >= 15 is 0 Å². The number of hydrogen-bond donors (Lipinski definition) is 1. The van der Waals surface area contributed by atoms with Crippen LogP contribution >= 0.6 is 0 Å². The second-order valence-electron chi connectivity index (χ2n) is 6.74.